The molecule has 0 bridgehead atoms. The Morgan fingerprint density at radius 1 is 1.05 bits per heavy atom. The van der Waals surface area contributed by atoms with E-state index in [4.69, 9.17) is 34.8 Å². The van der Waals surface area contributed by atoms with Gasteiger partial charge in [-0.2, -0.15) is 0 Å². The number of likely N-dealkylation sites (N-methyl/N-ethyl adjacent to an activating group) is 1. The van der Waals surface area contributed by atoms with Gasteiger partial charge in [-0.25, -0.2) is 0 Å². The molecule has 1 nitrogen and oxygen atoms in total. The first-order chi connectivity index (χ1) is 10.1. The van der Waals surface area contributed by atoms with Gasteiger partial charge in [-0.1, -0.05) is 46.9 Å². The van der Waals surface area contributed by atoms with Gasteiger partial charge in [-0.05, 0) is 49.4 Å². The van der Waals surface area contributed by atoms with E-state index in [0.29, 0.717) is 11.1 Å². The predicted molar refractivity (Wildman–Crippen MR) is 95.2 cm³/mol. The summed E-state index contributed by atoms with van der Waals surface area (Å²) < 4.78 is 0. The summed E-state index contributed by atoms with van der Waals surface area (Å²) in [7, 11) is 1.97. The topological polar surface area (TPSA) is 12.0 Å². The molecule has 2 aromatic carbocycles. The molecule has 1 atom stereocenters. The first-order valence-electron chi connectivity index (χ1n) is 6.58. The van der Waals surface area contributed by atoms with Crippen LogP contribution >= 0.6 is 46.6 Å². The molecule has 0 saturated carbocycles. The average molecular weight is 361 g/mol. The fourth-order valence-electron chi connectivity index (χ4n) is 1.95. The Balaban J connectivity index is 1.97. The van der Waals surface area contributed by atoms with Gasteiger partial charge in [0.25, 0.3) is 0 Å². The van der Waals surface area contributed by atoms with E-state index in [1.165, 1.54) is 4.90 Å². The Kier molecular flexibility index (Phi) is 6.72. The highest BCUT2D eigenvalue weighted by atomic mass is 35.5. The van der Waals surface area contributed by atoms with E-state index in [0.717, 1.165) is 27.8 Å². The van der Waals surface area contributed by atoms with Crippen LogP contribution in [0, 0.1) is 0 Å². The minimum Gasteiger partial charge on any atom is -0.316 e. The molecule has 1 unspecified atom stereocenters. The second-order valence-corrected chi connectivity index (χ2v) is 7.07. The number of thioether (sulfide) groups is 1. The largest absolute Gasteiger partial charge is 0.316 e. The van der Waals surface area contributed by atoms with E-state index >= 15 is 0 Å². The van der Waals surface area contributed by atoms with Crippen molar-refractivity contribution in [1.82, 2.24) is 5.32 Å². The van der Waals surface area contributed by atoms with Gasteiger partial charge >= 0.3 is 0 Å². The summed E-state index contributed by atoms with van der Waals surface area (Å²) in [5, 5.41) is 5.48. The number of hydrogen-bond donors (Lipinski definition) is 1. The van der Waals surface area contributed by atoms with Crippen molar-refractivity contribution in [1.29, 1.82) is 0 Å². The van der Waals surface area contributed by atoms with Crippen molar-refractivity contribution in [3.8, 4) is 0 Å². The molecule has 0 spiro atoms. The number of halogens is 3. The third kappa shape index (κ3) is 5.39. The normalized spacial score (nSPS) is 12.4. The van der Waals surface area contributed by atoms with Crippen molar-refractivity contribution in [2.24, 2.45) is 0 Å². The fourth-order valence-corrected chi connectivity index (χ4v) is 3.75. The molecule has 0 fully saturated rings. The Morgan fingerprint density at radius 2 is 1.81 bits per heavy atom. The molecule has 0 amide bonds. The van der Waals surface area contributed by atoms with Crippen LogP contribution in [0.25, 0.3) is 0 Å². The first-order valence-corrected chi connectivity index (χ1v) is 8.70. The van der Waals surface area contributed by atoms with Crippen LogP contribution in [0.3, 0.4) is 0 Å². The van der Waals surface area contributed by atoms with Crippen LogP contribution in [-0.4, -0.2) is 18.8 Å². The van der Waals surface area contributed by atoms with Crippen molar-refractivity contribution in [3.63, 3.8) is 0 Å². The van der Waals surface area contributed by atoms with Crippen molar-refractivity contribution in [2.75, 3.05) is 12.8 Å². The zero-order valence-corrected chi connectivity index (χ0v) is 14.7. The van der Waals surface area contributed by atoms with Gasteiger partial charge in [0.1, 0.15) is 0 Å². The van der Waals surface area contributed by atoms with Gasteiger partial charge in [-0.15, -0.1) is 11.8 Å². The van der Waals surface area contributed by atoms with Crippen LogP contribution in [-0.2, 0) is 6.42 Å². The summed E-state index contributed by atoms with van der Waals surface area (Å²) in [5.74, 6) is 0.940. The Morgan fingerprint density at radius 3 is 2.48 bits per heavy atom. The summed E-state index contributed by atoms with van der Waals surface area (Å²) in [5.41, 5.74) is 1.10. The van der Waals surface area contributed by atoms with Gasteiger partial charge in [0.15, 0.2) is 0 Å². The summed E-state index contributed by atoms with van der Waals surface area (Å²) in [6.45, 7) is 0. The third-order valence-corrected chi connectivity index (χ3v) is 5.12. The molecule has 0 aliphatic rings. The monoisotopic (exact) mass is 359 g/mol. The molecule has 2 aromatic rings. The highest BCUT2D eigenvalue weighted by Crippen LogP contribution is 2.25. The Labute approximate surface area is 145 Å². The smallest absolute Gasteiger partial charge is 0.0453 e. The Hall–Kier alpha value is -0.380. The molecule has 1 N–H and O–H groups in total. The lowest BCUT2D eigenvalue weighted by atomic mass is 10.1. The SMILES string of the molecule is CNC(CSc1cccc(Cl)c1)Cc1ccc(Cl)cc1Cl. The molecular formula is C16H16Cl3NS. The molecular weight excluding hydrogens is 345 g/mol. The van der Waals surface area contributed by atoms with Gasteiger partial charge in [0, 0.05) is 31.8 Å². The minimum absolute atomic E-state index is 0.327. The number of rotatable bonds is 6. The summed E-state index contributed by atoms with van der Waals surface area (Å²) in [6, 6.07) is 13.9. The maximum Gasteiger partial charge on any atom is 0.0453 e. The second-order valence-electron chi connectivity index (χ2n) is 4.69. The van der Waals surface area contributed by atoms with Crippen LogP contribution in [0.15, 0.2) is 47.4 Å². The molecule has 0 aromatic heterocycles. The zero-order valence-electron chi connectivity index (χ0n) is 11.6. The van der Waals surface area contributed by atoms with E-state index in [1.807, 2.05) is 37.4 Å². The molecule has 0 aliphatic heterocycles. The summed E-state index contributed by atoms with van der Waals surface area (Å²) >= 11 is 19.9. The average Bonchev–Trinajstić information content (AvgIpc) is 2.45. The highest BCUT2D eigenvalue weighted by molar-refractivity contribution is 7.99. The molecule has 21 heavy (non-hydrogen) atoms. The highest BCUT2D eigenvalue weighted by Gasteiger charge is 2.11. The lowest BCUT2D eigenvalue weighted by Gasteiger charge is -2.17. The number of nitrogens with one attached hydrogen (secondary N) is 1. The lowest BCUT2D eigenvalue weighted by Crippen LogP contribution is -2.30. The second kappa shape index (κ2) is 8.30. The number of benzene rings is 2. The summed E-state index contributed by atoms with van der Waals surface area (Å²) in [4.78, 5) is 1.17. The predicted octanol–water partition coefficient (Wildman–Crippen LogP) is 5.57. The van der Waals surface area contributed by atoms with Crippen molar-refractivity contribution < 1.29 is 0 Å². The minimum atomic E-state index is 0.327. The molecule has 0 heterocycles. The first kappa shape index (κ1) is 17.0. The molecule has 112 valence electrons. The van der Waals surface area contributed by atoms with E-state index in [2.05, 4.69) is 11.4 Å². The van der Waals surface area contributed by atoms with E-state index in [1.54, 1.807) is 17.8 Å². The number of hydrogen-bond acceptors (Lipinski definition) is 2. The standard InChI is InChI=1S/C16H16Cl3NS/c1-20-14(7-11-5-6-13(18)9-16(11)19)10-21-15-4-2-3-12(17)8-15/h2-6,8-9,14,20H,7,10H2,1H3. The van der Waals surface area contributed by atoms with Crippen LogP contribution < -0.4 is 5.32 Å². The van der Waals surface area contributed by atoms with Crippen molar-refractivity contribution in [3.05, 3.63) is 63.1 Å². The van der Waals surface area contributed by atoms with Crippen LogP contribution in [0.2, 0.25) is 15.1 Å². The molecule has 0 radical (unpaired) electrons. The fraction of sp³-hybridized carbons (Fsp3) is 0.250. The van der Waals surface area contributed by atoms with Crippen LogP contribution in [0.1, 0.15) is 5.56 Å². The van der Waals surface area contributed by atoms with Crippen LogP contribution in [0.5, 0.6) is 0 Å². The van der Waals surface area contributed by atoms with E-state index in [-0.39, 0.29) is 0 Å². The van der Waals surface area contributed by atoms with Gasteiger partial charge in [-0.3, -0.25) is 0 Å². The van der Waals surface area contributed by atoms with Crippen LogP contribution in [0.4, 0.5) is 0 Å². The maximum atomic E-state index is 6.23. The molecule has 0 aliphatic carbocycles. The summed E-state index contributed by atoms with van der Waals surface area (Å²) in [6.07, 6.45) is 0.861. The van der Waals surface area contributed by atoms with Gasteiger partial charge in [0.2, 0.25) is 0 Å². The lowest BCUT2D eigenvalue weighted by molar-refractivity contribution is 0.617. The Bertz CT molecular complexity index is 604. The van der Waals surface area contributed by atoms with E-state index < -0.39 is 0 Å². The van der Waals surface area contributed by atoms with Crippen molar-refractivity contribution in [2.45, 2.75) is 17.4 Å². The quantitative estimate of drug-likeness (QED) is 0.676. The van der Waals surface area contributed by atoms with Gasteiger partial charge < -0.3 is 5.32 Å². The van der Waals surface area contributed by atoms with Gasteiger partial charge in [0.05, 0.1) is 0 Å². The molecule has 0 saturated heterocycles. The van der Waals surface area contributed by atoms with Crippen molar-refractivity contribution >= 4 is 46.6 Å². The zero-order chi connectivity index (χ0) is 15.2. The molecule has 2 rings (SSSR count). The maximum absolute atomic E-state index is 6.23. The van der Waals surface area contributed by atoms with E-state index in [9.17, 15) is 0 Å². The molecule has 5 heteroatoms. The third-order valence-electron chi connectivity index (χ3n) is 3.14.